The van der Waals surface area contributed by atoms with Gasteiger partial charge in [-0.3, -0.25) is 4.79 Å². The van der Waals surface area contributed by atoms with Gasteiger partial charge in [-0.1, -0.05) is 20.8 Å². The van der Waals surface area contributed by atoms with Gasteiger partial charge in [-0.25, -0.2) is 0 Å². The minimum atomic E-state index is 0.163. The Kier molecular flexibility index (Phi) is 3.24. The molecule has 2 fully saturated rings. The molecule has 0 bridgehead atoms. The van der Waals surface area contributed by atoms with Crippen molar-refractivity contribution in [3.05, 3.63) is 0 Å². The quantitative estimate of drug-likeness (QED) is 0.773. The summed E-state index contributed by atoms with van der Waals surface area (Å²) in [6.45, 7) is 9.35. The van der Waals surface area contributed by atoms with E-state index >= 15 is 0 Å². The Morgan fingerprint density at radius 3 is 2.56 bits per heavy atom. The fourth-order valence-electron chi connectivity index (χ4n) is 2.48. The third-order valence-electron chi connectivity index (χ3n) is 4.24. The Labute approximate surface area is 98.6 Å². The van der Waals surface area contributed by atoms with E-state index in [0.29, 0.717) is 11.8 Å². The van der Waals surface area contributed by atoms with Gasteiger partial charge in [-0.05, 0) is 31.7 Å². The van der Waals surface area contributed by atoms with Crippen LogP contribution >= 0.6 is 0 Å². The minimum Gasteiger partial charge on any atom is -0.335 e. The lowest BCUT2D eigenvalue weighted by atomic mass is 9.95. The van der Waals surface area contributed by atoms with Gasteiger partial charge in [0.2, 0.25) is 5.91 Å². The predicted molar refractivity (Wildman–Crippen MR) is 65.2 cm³/mol. The first-order valence-corrected chi connectivity index (χ1v) is 6.59. The molecule has 1 saturated carbocycles. The third kappa shape index (κ3) is 2.10. The summed E-state index contributed by atoms with van der Waals surface area (Å²) in [5.41, 5.74) is 0.191. The molecule has 1 aliphatic carbocycles. The third-order valence-corrected chi connectivity index (χ3v) is 4.24. The van der Waals surface area contributed by atoms with Gasteiger partial charge in [0.25, 0.3) is 0 Å². The first-order valence-electron chi connectivity index (χ1n) is 6.59. The Morgan fingerprint density at radius 1 is 1.31 bits per heavy atom. The molecule has 0 aromatic heterocycles. The lowest BCUT2D eigenvalue weighted by molar-refractivity contribution is -0.139. The molecule has 1 N–H and O–H groups in total. The van der Waals surface area contributed by atoms with E-state index in [1.807, 2.05) is 0 Å². The maximum Gasteiger partial charge on any atom is 0.226 e. The number of rotatable bonds is 2. The fourth-order valence-corrected chi connectivity index (χ4v) is 2.48. The van der Waals surface area contributed by atoms with Gasteiger partial charge >= 0.3 is 0 Å². The van der Waals surface area contributed by atoms with Crippen molar-refractivity contribution in [3.8, 4) is 0 Å². The van der Waals surface area contributed by atoms with Crippen LogP contribution < -0.4 is 5.32 Å². The maximum atomic E-state index is 12.4. The van der Waals surface area contributed by atoms with E-state index in [1.54, 1.807) is 0 Å². The summed E-state index contributed by atoms with van der Waals surface area (Å²) in [6.07, 6.45) is 3.48. The van der Waals surface area contributed by atoms with E-state index in [0.717, 1.165) is 26.1 Å². The summed E-state index contributed by atoms with van der Waals surface area (Å²) in [7, 11) is 0. The molecule has 1 atom stereocenters. The Bertz CT molecular complexity index is 271. The summed E-state index contributed by atoms with van der Waals surface area (Å²) < 4.78 is 0. The van der Waals surface area contributed by atoms with Gasteiger partial charge in [0.15, 0.2) is 0 Å². The highest BCUT2D eigenvalue weighted by atomic mass is 16.2. The molecule has 1 unspecified atom stereocenters. The Morgan fingerprint density at radius 2 is 2.00 bits per heavy atom. The summed E-state index contributed by atoms with van der Waals surface area (Å²) in [5, 5.41) is 3.46. The average Bonchev–Trinajstić information content (AvgIpc) is 3.05. The number of nitrogens with zero attached hydrogens (tertiary/aromatic N) is 1. The maximum absolute atomic E-state index is 12.4. The van der Waals surface area contributed by atoms with Gasteiger partial charge in [0.05, 0.1) is 5.54 Å². The van der Waals surface area contributed by atoms with Crippen LogP contribution in [0.3, 0.4) is 0 Å². The zero-order valence-corrected chi connectivity index (χ0v) is 10.8. The number of hydrogen-bond acceptors (Lipinski definition) is 2. The zero-order chi connectivity index (χ0) is 11.8. The van der Waals surface area contributed by atoms with Crippen molar-refractivity contribution in [1.82, 2.24) is 10.2 Å². The first-order chi connectivity index (χ1) is 7.57. The average molecular weight is 224 g/mol. The lowest BCUT2D eigenvalue weighted by Gasteiger charge is -2.33. The molecule has 16 heavy (non-hydrogen) atoms. The van der Waals surface area contributed by atoms with E-state index < -0.39 is 0 Å². The topological polar surface area (TPSA) is 32.3 Å². The highest BCUT2D eigenvalue weighted by molar-refractivity contribution is 5.80. The standard InChI is InChI=1S/C13H24N2O/c1-10(2)11(3)12(16)15-8-4-7-14-9-13(15)5-6-13/h10-11,14H,4-9H2,1-3H3. The molecule has 1 amide bonds. The second-order valence-corrected chi connectivity index (χ2v) is 5.78. The van der Waals surface area contributed by atoms with E-state index in [2.05, 4.69) is 31.0 Å². The van der Waals surface area contributed by atoms with E-state index in [4.69, 9.17) is 0 Å². The van der Waals surface area contributed by atoms with E-state index in [-0.39, 0.29) is 11.5 Å². The smallest absolute Gasteiger partial charge is 0.226 e. The molecule has 92 valence electrons. The van der Waals surface area contributed by atoms with Crippen molar-refractivity contribution in [2.24, 2.45) is 11.8 Å². The van der Waals surface area contributed by atoms with Crippen molar-refractivity contribution < 1.29 is 4.79 Å². The number of carbonyl (C=O) groups excluding carboxylic acids is 1. The van der Waals surface area contributed by atoms with Crippen molar-refractivity contribution >= 4 is 5.91 Å². The number of nitrogens with one attached hydrogen (secondary N) is 1. The normalized spacial score (nSPS) is 25.6. The zero-order valence-electron chi connectivity index (χ0n) is 10.8. The second-order valence-electron chi connectivity index (χ2n) is 5.78. The molecular formula is C13H24N2O. The van der Waals surface area contributed by atoms with Crippen molar-refractivity contribution in [3.63, 3.8) is 0 Å². The van der Waals surface area contributed by atoms with Crippen LogP contribution in [0.25, 0.3) is 0 Å². The van der Waals surface area contributed by atoms with Crippen LogP contribution in [0.4, 0.5) is 0 Å². The Balaban J connectivity index is 2.08. The number of amides is 1. The molecule has 1 aliphatic heterocycles. The number of carbonyl (C=O) groups is 1. The van der Waals surface area contributed by atoms with Gasteiger partial charge in [-0.2, -0.15) is 0 Å². The van der Waals surface area contributed by atoms with Crippen LogP contribution in [0.2, 0.25) is 0 Å². The summed E-state index contributed by atoms with van der Waals surface area (Å²) in [4.78, 5) is 14.6. The molecule has 1 spiro atoms. The molecule has 0 radical (unpaired) electrons. The minimum absolute atomic E-state index is 0.163. The van der Waals surface area contributed by atoms with Crippen LogP contribution in [0.1, 0.15) is 40.0 Å². The highest BCUT2D eigenvalue weighted by Crippen LogP contribution is 2.43. The molecule has 2 aliphatic rings. The predicted octanol–water partition coefficient (Wildman–Crippen LogP) is 1.63. The lowest BCUT2D eigenvalue weighted by Crippen LogP contribution is -2.48. The Hall–Kier alpha value is -0.570. The van der Waals surface area contributed by atoms with Crippen LogP contribution in [0.15, 0.2) is 0 Å². The molecule has 0 aromatic rings. The van der Waals surface area contributed by atoms with Crippen LogP contribution in [-0.2, 0) is 4.79 Å². The summed E-state index contributed by atoms with van der Waals surface area (Å²) in [6, 6.07) is 0. The van der Waals surface area contributed by atoms with Gasteiger partial charge < -0.3 is 10.2 Å². The summed E-state index contributed by atoms with van der Waals surface area (Å²) >= 11 is 0. The fraction of sp³-hybridized carbons (Fsp3) is 0.923. The second kappa shape index (κ2) is 4.36. The SMILES string of the molecule is CC(C)C(C)C(=O)N1CCCNCC12CC2. The highest BCUT2D eigenvalue weighted by Gasteiger charge is 2.50. The molecule has 3 heteroatoms. The van der Waals surface area contributed by atoms with E-state index in [9.17, 15) is 4.79 Å². The molecule has 3 nitrogen and oxygen atoms in total. The van der Waals surface area contributed by atoms with Crippen molar-refractivity contribution in [1.29, 1.82) is 0 Å². The van der Waals surface area contributed by atoms with Gasteiger partial charge in [-0.15, -0.1) is 0 Å². The van der Waals surface area contributed by atoms with Crippen molar-refractivity contribution in [2.75, 3.05) is 19.6 Å². The molecule has 1 saturated heterocycles. The summed E-state index contributed by atoms with van der Waals surface area (Å²) in [5.74, 6) is 0.978. The van der Waals surface area contributed by atoms with E-state index in [1.165, 1.54) is 12.8 Å². The monoisotopic (exact) mass is 224 g/mol. The van der Waals surface area contributed by atoms with Crippen molar-refractivity contribution in [2.45, 2.75) is 45.6 Å². The molecule has 0 aromatic carbocycles. The number of hydrogen-bond donors (Lipinski definition) is 1. The largest absolute Gasteiger partial charge is 0.335 e. The first kappa shape index (κ1) is 11.9. The molecular weight excluding hydrogens is 200 g/mol. The van der Waals surface area contributed by atoms with Crippen LogP contribution in [0.5, 0.6) is 0 Å². The van der Waals surface area contributed by atoms with Gasteiger partial charge in [0.1, 0.15) is 0 Å². The molecule has 1 heterocycles. The van der Waals surface area contributed by atoms with Crippen LogP contribution in [0, 0.1) is 11.8 Å². The van der Waals surface area contributed by atoms with Crippen LogP contribution in [-0.4, -0.2) is 36.0 Å². The molecule has 2 rings (SSSR count). The van der Waals surface area contributed by atoms with Gasteiger partial charge in [0, 0.05) is 19.0 Å².